The van der Waals surface area contributed by atoms with Gasteiger partial charge in [-0.15, -0.1) is 0 Å². The van der Waals surface area contributed by atoms with Gasteiger partial charge in [-0.3, -0.25) is 4.79 Å². The Kier molecular flexibility index (Phi) is 6.55. The average molecular weight is 421 g/mol. The lowest BCUT2D eigenvalue weighted by atomic mass is 9.89. The highest BCUT2D eigenvalue weighted by Gasteiger charge is 2.19. The first-order valence-electron chi connectivity index (χ1n) is 10.9. The molecule has 0 aliphatic heterocycles. The van der Waals surface area contributed by atoms with Crippen molar-refractivity contribution in [2.45, 2.75) is 39.0 Å². The standard InChI is InChI=1S/C25H28N2O4/c1-17-9-5-7-13-20(17)30-16-22(28)27-24-23(26-15-18-10-3-2-4-11-18)19-12-6-8-14-21(19)31-25(24)29/h5-9,12-14,18,26H,2-4,10-11,15-16H2,1H3,(H,27,28). The molecule has 0 spiro atoms. The van der Waals surface area contributed by atoms with Crippen molar-refractivity contribution in [3.8, 4) is 5.75 Å². The molecule has 1 saturated carbocycles. The number of para-hydroxylation sites is 2. The zero-order valence-corrected chi connectivity index (χ0v) is 17.8. The van der Waals surface area contributed by atoms with Gasteiger partial charge in [-0.25, -0.2) is 4.79 Å². The topological polar surface area (TPSA) is 80.6 Å². The molecule has 4 rings (SSSR count). The summed E-state index contributed by atoms with van der Waals surface area (Å²) in [5, 5.41) is 6.93. The average Bonchev–Trinajstić information content (AvgIpc) is 2.79. The Balaban J connectivity index is 1.55. The number of amides is 1. The van der Waals surface area contributed by atoms with Crippen molar-refractivity contribution in [1.29, 1.82) is 0 Å². The first-order chi connectivity index (χ1) is 15.1. The van der Waals surface area contributed by atoms with Crippen LogP contribution in [0.3, 0.4) is 0 Å². The Morgan fingerprint density at radius 1 is 1.03 bits per heavy atom. The summed E-state index contributed by atoms with van der Waals surface area (Å²) in [6, 6.07) is 14.9. The molecule has 1 aliphatic rings. The van der Waals surface area contributed by atoms with Gasteiger partial charge in [0.15, 0.2) is 12.3 Å². The number of rotatable bonds is 7. The largest absolute Gasteiger partial charge is 0.483 e. The van der Waals surface area contributed by atoms with E-state index in [2.05, 4.69) is 10.6 Å². The zero-order chi connectivity index (χ0) is 21.6. The van der Waals surface area contributed by atoms with E-state index < -0.39 is 11.5 Å². The van der Waals surface area contributed by atoms with Crippen LogP contribution < -0.4 is 21.0 Å². The molecular weight excluding hydrogens is 392 g/mol. The summed E-state index contributed by atoms with van der Waals surface area (Å²) in [5.41, 5.74) is 1.60. The fraction of sp³-hybridized carbons (Fsp3) is 0.360. The van der Waals surface area contributed by atoms with Crippen LogP contribution in [0, 0.1) is 12.8 Å². The van der Waals surface area contributed by atoms with E-state index in [0.717, 1.165) is 17.5 Å². The van der Waals surface area contributed by atoms with E-state index in [4.69, 9.17) is 9.15 Å². The van der Waals surface area contributed by atoms with Gasteiger partial charge in [0.1, 0.15) is 11.3 Å². The van der Waals surface area contributed by atoms with Gasteiger partial charge in [-0.1, -0.05) is 49.6 Å². The normalized spacial score (nSPS) is 14.4. The Bertz CT molecular complexity index is 1120. The van der Waals surface area contributed by atoms with Crippen molar-refractivity contribution in [1.82, 2.24) is 0 Å². The summed E-state index contributed by atoms with van der Waals surface area (Å²) in [4.78, 5) is 25.3. The second-order valence-corrected chi connectivity index (χ2v) is 8.12. The van der Waals surface area contributed by atoms with E-state index in [-0.39, 0.29) is 12.3 Å². The Hall–Kier alpha value is -3.28. The molecule has 6 heteroatoms. The van der Waals surface area contributed by atoms with Crippen molar-refractivity contribution in [2.24, 2.45) is 5.92 Å². The van der Waals surface area contributed by atoms with Crippen LogP contribution in [0.5, 0.6) is 5.75 Å². The summed E-state index contributed by atoms with van der Waals surface area (Å²) < 4.78 is 11.1. The van der Waals surface area contributed by atoms with Gasteiger partial charge in [0, 0.05) is 11.9 Å². The summed E-state index contributed by atoms with van der Waals surface area (Å²) in [5.74, 6) is 0.790. The van der Waals surface area contributed by atoms with Gasteiger partial charge in [0.05, 0.1) is 5.69 Å². The van der Waals surface area contributed by atoms with E-state index in [1.165, 1.54) is 32.1 Å². The smallest absolute Gasteiger partial charge is 0.362 e. The number of ether oxygens (including phenoxy) is 1. The number of hydrogen-bond donors (Lipinski definition) is 2. The van der Waals surface area contributed by atoms with Gasteiger partial charge in [-0.2, -0.15) is 0 Å². The highest BCUT2D eigenvalue weighted by atomic mass is 16.5. The van der Waals surface area contributed by atoms with E-state index in [9.17, 15) is 9.59 Å². The Labute approximate surface area is 181 Å². The number of anilines is 2. The molecule has 0 bridgehead atoms. The number of carbonyl (C=O) groups is 1. The van der Waals surface area contributed by atoms with Crippen molar-refractivity contribution < 1.29 is 13.9 Å². The molecule has 0 saturated heterocycles. The fourth-order valence-electron chi connectivity index (χ4n) is 4.12. The van der Waals surface area contributed by atoms with Gasteiger partial charge >= 0.3 is 5.63 Å². The van der Waals surface area contributed by atoms with Crippen LogP contribution in [-0.4, -0.2) is 19.1 Å². The molecule has 1 aliphatic carbocycles. The predicted molar refractivity (Wildman–Crippen MR) is 123 cm³/mol. The third-order valence-corrected chi connectivity index (χ3v) is 5.82. The second kappa shape index (κ2) is 9.69. The number of aryl methyl sites for hydroxylation is 1. The fourth-order valence-corrected chi connectivity index (χ4v) is 4.12. The van der Waals surface area contributed by atoms with Crippen LogP contribution in [0.15, 0.2) is 57.7 Å². The highest BCUT2D eigenvalue weighted by Crippen LogP contribution is 2.30. The monoisotopic (exact) mass is 420 g/mol. The van der Waals surface area contributed by atoms with E-state index >= 15 is 0 Å². The maximum absolute atomic E-state index is 12.7. The van der Waals surface area contributed by atoms with Crippen LogP contribution in [0.2, 0.25) is 0 Å². The lowest BCUT2D eigenvalue weighted by molar-refractivity contribution is -0.118. The van der Waals surface area contributed by atoms with Gasteiger partial charge in [-0.05, 0) is 49.4 Å². The number of nitrogens with one attached hydrogen (secondary N) is 2. The molecule has 3 aromatic rings. The third-order valence-electron chi connectivity index (χ3n) is 5.82. The lowest BCUT2D eigenvalue weighted by Gasteiger charge is -2.23. The first kappa shape index (κ1) is 21.0. The molecule has 1 amide bonds. The molecule has 6 nitrogen and oxygen atoms in total. The van der Waals surface area contributed by atoms with E-state index in [1.807, 2.05) is 49.4 Å². The van der Waals surface area contributed by atoms with Gasteiger partial charge in [0.25, 0.3) is 5.91 Å². The molecule has 2 aromatic carbocycles. The minimum Gasteiger partial charge on any atom is -0.483 e. The van der Waals surface area contributed by atoms with Crippen LogP contribution in [0.4, 0.5) is 11.4 Å². The SMILES string of the molecule is Cc1ccccc1OCC(=O)Nc1c(NCC2CCCCC2)c2ccccc2oc1=O. The number of fused-ring (bicyclic) bond motifs is 1. The van der Waals surface area contributed by atoms with Gasteiger partial charge in [0.2, 0.25) is 0 Å². The van der Waals surface area contributed by atoms with Crippen molar-refractivity contribution in [3.05, 3.63) is 64.5 Å². The first-order valence-corrected chi connectivity index (χ1v) is 10.9. The van der Waals surface area contributed by atoms with Gasteiger partial charge < -0.3 is 19.8 Å². The quantitative estimate of drug-likeness (QED) is 0.519. The van der Waals surface area contributed by atoms with E-state index in [1.54, 1.807) is 6.07 Å². The maximum Gasteiger partial charge on any atom is 0.362 e. The number of hydrogen-bond acceptors (Lipinski definition) is 5. The van der Waals surface area contributed by atoms with Crippen molar-refractivity contribution >= 4 is 28.3 Å². The summed E-state index contributed by atoms with van der Waals surface area (Å²) in [7, 11) is 0. The molecule has 1 fully saturated rings. The van der Waals surface area contributed by atoms with E-state index in [0.29, 0.717) is 22.9 Å². The second-order valence-electron chi connectivity index (χ2n) is 8.12. The van der Waals surface area contributed by atoms with Crippen molar-refractivity contribution in [2.75, 3.05) is 23.8 Å². The van der Waals surface area contributed by atoms with Crippen LogP contribution in [0.25, 0.3) is 11.0 Å². The molecule has 2 N–H and O–H groups in total. The molecule has 1 aromatic heterocycles. The molecule has 1 heterocycles. The summed E-state index contributed by atoms with van der Waals surface area (Å²) in [6.45, 7) is 2.48. The molecule has 31 heavy (non-hydrogen) atoms. The molecule has 0 unspecified atom stereocenters. The Morgan fingerprint density at radius 3 is 2.58 bits per heavy atom. The summed E-state index contributed by atoms with van der Waals surface area (Å²) in [6.07, 6.45) is 6.13. The molecule has 0 atom stereocenters. The predicted octanol–water partition coefficient (Wildman–Crippen LogP) is 5.11. The third kappa shape index (κ3) is 5.08. The minimum atomic E-state index is -0.575. The van der Waals surface area contributed by atoms with Crippen molar-refractivity contribution in [3.63, 3.8) is 0 Å². The number of benzene rings is 2. The lowest BCUT2D eigenvalue weighted by Crippen LogP contribution is -2.26. The number of carbonyl (C=O) groups excluding carboxylic acids is 1. The van der Waals surface area contributed by atoms with Crippen LogP contribution >= 0.6 is 0 Å². The minimum absolute atomic E-state index is 0.132. The highest BCUT2D eigenvalue weighted by molar-refractivity contribution is 6.02. The molecular formula is C25H28N2O4. The van der Waals surface area contributed by atoms with Crippen LogP contribution in [0.1, 0.15) is 37.7 Å². The molecule has 162 valence electrons. The maximum atomic E-state index is 12.7. The zero-order valence-electron chi connectivity index (χ0n) is 17.8. The van der Waals surface area contributed by atoms with Crippen LogP contribution in [-0.2, 0) is 4.79 Å². The Morgan fingerprint density at radius 2 is 1.77 bits per heavy atom. The molecule has 0 radical (unpaired) electrons. The summed E-state index contributed by atoms with van der Waals surface area (Å²) >= 11 is 0.